The first-order chi connectivity index (χ1) is 7.15. The fraction of sp³-hybridized carbons (Fsp3) is 0.400. The van der Waals surface area contributed by atoms with Crippen molar-refractivity contribution in [1.82, 2.24) is 19.6 Å². The molecule has 2 aromatic rings. The minimum Gasteiger partial charge on any atom is -0.366 e. The van der Waals surface area contributed by atoms with Gasteiger partial charge in [-0.1, -0.05) is 0 Å². The van der Waals surface area contributed by atoms with E-state index in [4.69, 9.17) is 0 Å². The Morgan fingerprint density at radius 1 is 1.38 bits per heavy atom. The first kappa shape index (κ1) is 12.6. The van der Waals surface area contributed by atoms with E-state index in [-0.39, 0.29) is 12.4 Å². The van der Waals surface area contributed by atoms with Crippen LogP contribution < -0.4 is 5.32 Å². The molecule has 5 nitrogen and oxygen atoms in total. The summed E-state index contributed by atoms with van der Waals surface area (Å²) in [7, 11) is 3.84. The van der Waals surface area contributed by atoms with Gasteiger partial charge in [0.15, 0.2) is 0 Å². The van der Waals surface area contributed by atoms with Crippen LogP contribution in [0, 0.1) is 6.92 Å². The summed E-state index contributed by atoms with van der Waals surface area (Å²) in [6, 6.07) is 2.02. The second-order valence-electron chi connectivity index (χ2n) is 3.67. The lowest BCUT2D eigenvalue weighted by Gasteiger charge is -2.03. The molecule has 16 heavy (non-hydrogen) atoms. The van der Waals surface area contributed by atoms with Crippen LogP contribution in [0.1, 0.15) is 11.3 Å². The van der Waals surface area contributed by atoms with Crippen LogP contribution in [0.3, 0.4) is 0 Å². The smallest absolute Gasteiger partial charge is 0.124 e. The van der Waals surface area contributed by atoms with Crippen LogP contribution >= 0.6 is 12.4 Å². The van der Waals surface area contributed by atoms with Gasteiger partial charge in [-0.3, -0.25) is 9.36 Å². The topological polar surface area (TPSA) is 47.7 Å². The number of nitrogens with zero attached hydrogens (tertiary/aromatic N) is 4. The van der Waals surface area contributed by atoms with E-state index >= 15 is 0 Å². The molecule has 0 unspecified atom stereocenters. The summed E-state index contributed by atoms with van der Waals surface area (Å²) in [4.78, 5) is 0. The lowest BCUT2D eigenvalue weighted by Crippen LogP contribution is -2.03. The highest BCUT2D eigenvalue weighted by Crippen LogP contribution is 2.09. The predicted molar refractivity (Wildman–Crippen MR) is 65.7 cm³/mol. The number of anilines is 1. The highest BCUT2D eigenvalue weighted by molar-refractivity contribution is 5.85. The van der Waals surface area contributed by atoms with Crippen molar-refractivity contribution in [2.75, 3.05) is 5.32 Å². The van der Waals surface area contributed by atoms with Crippen LogP contribution in [0.2, 0.25) is 0 Å². The number of nitrogens with one attached hydrogen (secondary N) is 1. The van der Waals surface area contributed by atoms with Crippen LogP contribution in [0.5, 0.6) is 0 Å². The first-order valence-corrected chi connectivity index (χ1v) is 4.87. The highest BCUT2D eigenvalue weighted by atomic mass is 35.5. The molecule has 0 fully saturated rings. The third-order valence-corrected chi connectivity index (χ3v) is 2.23. The van der Waals surface area contributed by atoms with Crippen LogP contribution in [0.15, 0.2) is 18.5 Å². The van der Waals surface area contributed by atoms with Crippen molar-refractivity contribution in [2.45, 2.75) is 13.5 Å². The summed E-state index contributed by atoms with van der Waals surface area (Å²) in [5.74, 6) is 1.02. The first-order valence-electron chi connectivity index (χ1n) is 4.87. The maximum atomic E-state index is 4.26. The zero-order valence-corrected chi connectivity index (χ0v) is 10.5. The molecule has 0 atom stereocenters. The van der Waals surface area contributed by atoms with Crippen LogP contribution in [0.25, 0.3) is 0 Å². The Labute approximate surface area is 101 Å². The Morgan fingerprint density at radius 3 is 2.62 bits per heavy atom. The van der Waals surface area contributed by atoms with Crippen molar-refractivity contribution in [3.63, 3.8) is 0 Å². The molecule has 0 saturated carbocycles. The van der Waals surface area contributed by atoms with E-state index in [1.807, 2.05) is 44.2 Å². The number of aryl methyl sites for hydroxylation is 3. The molecule has 2 rings (SSSR count). The Bertz CT molecular complexity index is 459. The molecule has 6 heteroatoms. The van der Waals surface area contributed by atoms with E-state index in [0.29, 0.717) is 0 Å². The Hall–Kier alpha value is -1.49. The second-order valence-corrected chi connectivity index (χ2v) is 3.67. The molecule has 0 saturated heterocycles. The van der Waals surface area contributed by atoms with Crippen molar-refractivity contribution in [3.05, 3.63) is 29.7 Å². The van der Waals surface area contributed by atoms with Crippen molar-refractivity contribution in [3.8, 4) is 0 Å². The Morgan fingerprint density at radius 2 is 2.12 bits per heavy atom. The monoisotopic (exact) mass is 241 g/mol. The third-order valence-electron chi connectivity index (χ3n) is 2.23. The van der Waals surface area contributed by atoms with Crippen LogP contribution in [-0.2, 0) is 20.6 Å². The van der Waals surface area contributed by atoms with Crippen molar-refractivity contribution >= 4 is 18.2 Å². The van der Waals surface area contributed by atoms with E-state index in [9.17, 15) is 0 Å². The molecule has 0 bridgehead atoms. The van der Waals surface area contributed by atoms with E-state index in [0.717, 1.165) is 23.6 Å². The van der Waals surface area contributed by atoms with Gasteiger partial charge in [0.25, 0.3) is 0 Å². The lowest BCUT2D eigenvalue weighted by atomic mass is 10.3. The molecule has 0 aliphatic heterocycles. The van der Waals surface area contributed by atoms with Gasteiger partial charge in [-0.15, -0.1) is 12.4 Å². The van der Waals surface area contributed by atoms with Crippen molar-refractivity contribution in [1.29, 1.82) is 0 Å². The number of hydrogen-bond donors (Lipinski definition) is 1. The van der Waals surface area contributed by atoms with Gasteiger partial charge in [-0.2, -0.15) is 10.2 Å². The van der Waals surface area contributed by atoms with Crippen LogP contribution in [-0.4, -0.2) is 19.6 Å². The van der Waals surface area contributed by atoms with E-state index in [2.05, 4.69) is 15.5 Å². The maximum Gasteiger partial charge on any atom is 0.124 e. The minimum absolute atomic E-state index is 0. The molecule has 0 aliphatic rings. The van der Waals surface area contributed by atoms with Crippen LogP contribution in [0.4, 0.5) is 5.82 Å². The second kappa shape index (κ2) is 5.03. The molecule has 2 heterocycles. The maximum absolute atomic E-state index is 4.26. The summed E-state index contributed by atoms with van der Waals surface area (Å²) in [5, 5.41) is 11.7. The summed E-state index contributed by atoms with van der Waals surface area (Å²) in [6.45, 7) is 2.75. The predicted octanol–water partition coefficient (Wildman–Crippen LogP) is 1.50. The van der Waals surface area contributed by atoms with E-state index in [1.54, 1.807) is 4.68 Å². The normalized spacial score (nSPS) is 9.94. The molecule has 0 aliphatic carbocycles. The molecule has 0 spiro atoms. The third kappa shape index (κ3) is 2.76. The zero-order valence-electron chi connectivity index (χ0n) is 9.64. The molecule has 2 aromatic heterocycles. The van der Waals surface area contributed by atoms with Crippen molar-refractivity contribution in [2.24, 2.45) is 14.1 Å². The molecule has 0 amide bonds. The molecule has 1 N–H and O–H groups in total. The van der Waals surface area contributed by atoms with Crippen molar-refractivity contribution < 1.29 is 0 Å². The number of halogens is 1. The number of hydrogen-bond acceptors (Lipinski definition) is 3. The molecule has 0 aromatic carbocycles. The number of aromatic nitrogens is 4. The largest absolute Gasteiger partial charge is 0.366 e. The number of rotatable bonds is 3. The van der Waals surface area contributed by atoms with Gasteiger partial charge in [-0.05, 0) is 6.92 Å². The van der Waals surface area contributed by atoms with Gasteiger partial charge < -0.3 is 5.32 Å². The lowest BCUT2D eigenvalue weighted by molar-refractivity contribution is 0.757. The molecular weight excluding hydrogens is 226 g/mol. The summed E-state index contributed by atoms with van der Waals surface area (Å²) in [5.41, 5.74) is 2.18. The molecule has 0 radical (unpaired) electrons. The average molecular weight is 242 g/mol. The molecule has 88 valence electrons. The summed E-state index contributed by atoms with van der Waals surface area (Å²) in [6.07, 6.45) is 3.85. The summed E-state index contributed by atoms with van der Waals surface area (Å²) < 4.78 is 3.64. The van der Waals surface area contributed by atoms with Gasteiger partial charge in [-0.25, -0.2) is 0 Å². The Balaban J connectivity index is 0.00000128. The SMILES string of the molecule is Cc1cc(NCc2cnn(C)c2)n(C)n1.Cl. The minimum atomic E-state index is 0. The quantitative estimate of drug-likeness (QED) is 0.886. The fourth-order valence-electron chi connectivity index (χ4n) is 1.53. The van der Waals surface area contributed by atoms with Gasteiger partial charge in [0, 0.05) is 38.5 Å². The van der Waals surface area contributed by atoms with Gasteiger partial charge >= 0.3 is 0 Å². The van der Waals surface area contributed by atoms with Gasteiger partial charge in [0.05, 0.1) is 11.9 Å². The van der Waals surface area contributed by atoms with E-state index < -0.39 is 0 Å². The van der Waals surface area contributed by atoms with E-state index in [1.165, 1.54) is 0 Å². The molecular formula is C10H16ClN5. The summed E-state index contributed by atoms with van der Waals surface area (Å²) >= 11 is 0. The highest BCUT2D eigenvalue weighted by Gasteiger charge is 2.01. The van der Waals surface area contributed by atoms with Gasteiger partial charge in [0.1, 0.15) is 5.82 Å². The standard InChI is InChI=1S/C10H15N5.ClH/c1-8-4-10(15(3)13-8)11-5-9-6-12-14(2)7-9;/h4,6-7,11H,5H2,1-3H3;1H. The van der Waals surface area contributed by atoms with Gasteiger partial charge in [0.2, 0.25) is 0 Å². The fourth-order valence-corrected chi connectivity index (χ4v) is 1.53. The Kier molecular flexibility index (Phi) is 3.95. The average Bonchev–Trinajstić information content (AvgIpc) is 2.70. The zero-order chi connectivity index (χ0) is 10.8.